The number of benzene rings is 3. The Bertz CT molecular complexity index is 1170. The van der Waals surface area contributed by atoms with Crippen LogP contribution >= 0.6 is 11.6 Å². The number of anilines is 1. The Morgan fingerprint density at radius 3 is 2.26 bits per heavy atom. The van der Waals surface area contributed by atoms with Crippen molar-refractivity contribution in [2.24, 2.45) is 0 Å². The highest BCUT2D eigenvalue weighted by atomic mass is 35.5. The minimum Gasteiger partial charge on any atom is -0.490 e. The Morgan fingerprint density at radius 1 is 0.941 bits per heavy atom. The number of carbonyl (C=O) groups excluding carboxylic acids is 1. The van der Waals surface area contributed by atoms with Crippen molar-refractivity contribution in [2.45, 2.75) is 12.8 Å². The van der Waals surface area contributed by atoms with Crippen LogP contribution in [0.4, 0.5) is 5.69 Å². The van der Waals surface area contributed by atoms with Crippen LogP contribution in [0.5, 0.6) is 17.2 Å². The molecular weight excluding hydrogens is 476 g/mol. The average molecular weight is 503 g/mol. The van der Waals surface area contributed by atoms with Crippen molar-refractivity contribution in [3.05, 3.63) is 83.9 Å². The maximum atomic E-state index is 12.3. The molecule has 34 heavy (non-hydrogen) atoms. The van der Waals surface area contributed by atoms with Crippen molar-refractivity contribution in [3.8, 4) is 17.2 Å². The molecule has 0 spiro atoms. The van der Waals surface area contributed by atoms with Crippen LogP contribution in [-0.2, 0) is 14.8 Å². The first kappa shape index (κ1) is 25.4. The molecule has 0 atom stereocenters. The van der Waals surface area contributed by atoms with Crippen LogP contribution in [0, 0.1) is 0 Å². The van der Waals surface area contributed by atoms with E-state index in [4.69, 9.17) is 21.1 Å². The third kappa shape index (κ3) is 7.97. The average Bonchev–Trinajstić information content (AvgIpc) is 2.81. The molecule has 0 bridgehead atoms. The van der Waals surface area contributed by atoms with Gasteiger partial charge in [-0.25, -0.2) is 8.42 Å². The van der Waals surface area contributed by atoms with Gasteiger partial charge in [0.1, 0.15) is 23.9 Å². The molecule has 1 amide bonds. The van der Waals surface area contributed by atoms with Gasteiger partial charge in [-0.1, -0.05) is 41.9 Å². The molecule has 0 aliphatic carbocycles. The summed E-state index contributed by atoms with van der Waals surface area (Å²) in [6.45, 7) is 0.784. The second kappa shape index (κ2) is 12.3. The summed E-state index contributed by atoms with van der Waals surface area (Å²) in [5.41, 5.74) is 0.511. The largest absolute Gasteiger partial charge is 0.490 e. The van der Waals surface area contributed by atoms with Gasteiger partial charge in [0.25, 0.3) is 0 Å². The van der Waals surface area contributed by atoms with E-state index in [0.717, 1.165) is 6.26 Å². The molecule has 3 aromatic rings. The number of hydrogen-bond donors (Lipinski definition) is 1. The predicted octanol–water partition coefficient (Wildman–Crippen LogP) is 4.87. The van der Waals surface area contributed by atoms with Crippen LogP contribution in [0.3, 0.4) is 0 Å². The third-order valence-corrected chi connectivity index (χ3v) is 6.29. The molecule has 0 aromatic heterocycles. The molecule has 0 saturated heterocycles. The Morgan fingerprint density at radius 2 is 1.59 bits per heavy atom. The normalized spacial score (nSPS) is 11.0. The molecule has 0 radical (unpaired) electrons. The smallest absolute Gasteiger partial charge is 0.232 e. The molecule has 0 aliphatic heterocycles. The standard InChI is InChI=1S/C25H27ClN2O5S/c1-34(30,31)28(20-13-15-22(16-14-20)33-21-8-3-2-4-9-21)18-7-12-25(29)27-17-19-32-24-11-6-5-10-23(24)26/h2-6,8-11,13-16H,7,12,17-19H2,1H3,(H,27,29). The highest BCUT2D eigenvalue weighted by Crippen LogP contribution is 2.26. The van der Waals surface area contributed by atoms with Crippen molar-refractivity contribution >= 4 is 33.2 Å². The van der Waals surface area contributed by atoms with E-state index in [9.17, 15) is 13.2 Å². The minimum atomic E-state index is -3.51. The van der Waals surface area contributed by atoms with Crippen molar-refractivity contribution < 1.29 is 22.7 Å². The maximum absolute atomic E-state index is 12.3. The van der Waals surface area contributed by atoms with Crippen LogP contribution in [0.25, 0.3) is 0 Å². The number of carbonyl (C=O) groups is 1. The molecule has 3 aromatic carbocycles. The van der Waals surface area contributed by atoms with Crippen LogP contribution < -0.4 is 19.1 Å². The number of halogens is 1. The number of nitrogens with zero attached hydrogens (tertiary/aromatic N) is 1. The van der Waals surface area contributed by atoms with Gasteiger partial charge in [-0.2, -0.15) is 0 Å². The van der Waals surface area contributed by atoms with E-state index < -0.39 is 10.0 Å². The summed E-state index contributed by atoms with van der Waals surface area (Å²) >= 11 is 6.02. The van der Waals surface area contributed by atoms with E-state index in [0.29, 0.717) is 40.9 Å². The van der Waals surface area contributed by atoms with Gasteiger partial charge in [-0.05, 0) is 55.0 Å². The number of rotatable bonds is 12. The quantitative estimate of drug-likeness (QED) is 0.357. The Labute approximate surface area is 205 Å². The number of amides is 1. The van der Waals surface area contributed by atoms with E-state index in [-0.39, 0.29) is 25.5 Å². The summed E-state index contributed by atoms with van der Waals surface area (Å²) in [5.74, 6) is 1.67. The van der Waals surface area contributed by atoms with Gasteiger partial charge in [0.2, 0.25) is 15.9 Å². The molecule has 9 heteroatoms. The molecule has 0 fully saturated rings. The molecular formula is C25H27ClN2O5S. The summed E-state index contributed by atoms with van der Waals surface area (Å²) < 4.78 is 37.2. The lowest BCUT2D eigenvalue weighted by atomic mass is 10.2. The zero-order valence-corrected chi connectivity index (χ0v) is 20.4. The summed E-state index contributed by atoms with van der Waals surface area (Å²) in [7, 11) is -3.51. The highest BCUT2D eigenvalue weighted by molar-refractivity contribution is 7.92. The van der Waals surface area contributed by atoms with Crippen molar-refractivity contribution in [2.75, 3.05) is 30.3 Å². The van der Waals surface area contributed by atoms with E-state index in [1.165, 1.54) is 4.31 Å². The number of nitrogens with one attached hydrogen (secondary N) is 1. The SMILES string of the molecule is CS(=O)(=O)N(CCCC(=O)NCCOc1ccccc1Cl)c1ccc(Oc2ccccc2)cc1. The summed E-state index contributed by atoms with van der Waals surface area (Å²) in [4.78, 5) is 12.1. The number of sulfonamides is 1. The number of ether oxygens (including phenoxy) is 2. The van der Waals surface area contributed by atoms with E-state index in [1.807, 2.05) is 42.5 Å². The Kier molecular flexibility index (Phi) is 9.18. The predicted molar refractivity (Wildman–Crippen MR) is 134 cm³/mol. The first-order chi connectivity index (χ1) is 16.3. The zero-order valence-electron chi connectivity index (χ0n) is 18.8. The third-order valence-electron chi connectivity index (χ3n) is 4.79. The fourth-order valence-corrected chi connectivity index (χ4v) is 4.33. The fourth-order valence-electron chi connectivity index (χ4n) is 3.18. The minimum absolute atomic E-state index is 0.178. The van der Waals surface area contributed by atoms with Crippen LogP contribution in [-0.4, -0.2) is 40.3 Å². The van der Waals surface area contributed by atoms with Crippen molar-refractivity contribution in [1.82, 2.24) is 5.32 Å². The Hall–Kier alpha value is -3.23. The van der Waals surface area contributed by atoms with Gasteiger partial charge >= 0.3 is 0 Å². The summed E-state index contributed by atoms with van der Waals surface area (Å²) in [5, 5.41) is 3.27. The number of para-hydroxylation sites is 2. The van der Waals surface area contributed by atoms with Crippen molar-refractivity contribution in [3.63, 3.8) is 0 Å². The molecule has 0 heterocycles. The van der Waals surface area contributed by atoms with Crippen LogP contribution in [0.2, 0.25) is 5.02 Å². The van der Waals surface area contributed by atoms with E-state index in [1.54, 1.807) is 36.4 Å². The maximum Gasteiger partial charge on any atom is 0.232 e. The lowest BCUT2D eigenvalue weighted by molar-refractivity contribution is -0.121. The zero-order chi connectivity index (χ0) is 24.4. The second-order valence-electron chi connectivity index (χ2n) is 7.48. The summed E-state index contributed by atoms with van der Waals surface area (Å²) in [6.07, 6.45) is 1.70. The topological polar surface area (TPSA) is 84.9 Å². The van der Waals surface area contributed by atoms with E-state index in [2.05, 4.69) is 5.32 Å². The molecule has 3 rings (SSSR count). The molecule has 180 valence electrons. The molecule has 0 unspecified atom stereocenters. The van der Waals surface area contributed by atoms with Crippen LogP contribution in [0.15, 0.2) is 78.9 Å². The molecule has 0 aliphatic rings. The van der Waals surface area contributed by atoms with Gasteiger partial charge in [-0.15, -0.1) is 0 Å². The molecule has 0 saturated carbocycles. The fraction of sp³-hybridized carbons (Fsp3) is 0.240. The van der Waals surface area contributed by atoms with Crippen molar-refractivity contribution in [1.29, 1.82) is 0 Å². The van der Waals surface area contributed by atoms with Gasteiger partial charge in [0.15, 0.2) is 0 Å². The lowest BCUT2D eigenvalue weighted by Crippen LogP contribution is -2.32. The Balaban J connectivity index is 1.46. The first-order valence-electron chi connectivity index (χ1n) is 10.8. The first-order valence-corrected chi connectivity index (χ1v) is 13.0. The summed E-state index contributed by atoms with van der Waals surface area (Å²) in [6, 6.07) is 23.2. The van der Waals surface area contributed by atoms with Gasteiger partial charge in [0.05, 0.1) is 23.5 Å². The van der Waals surface area contributed by atoms with Gasteiger partial charge in [0, 0.05) is 13.0 Å². The second-order valence-corrected chi connectivity index (χ2v) is 9.79. The highest BCUT2D eigenvalue weighted by Gasteiger charge is 2.18. The molecule has 7 nitrogen and oxygen atoms in total. The van der Waals surface area contributed by atoms with Gasteiger partial charge < -0.3 is 14.8 Å². The van der Waals surface area contributed by atoms with E-state index >= 15 is 0 Å². The van der Waals surface area contributed by atoms with Crippen LogP contribution in [0.1, 0.15) is 12.8 Å². The lowest BCUT2D eigenvalue weighted by Gasteiger charge is -2.22. The monoisotopic (exact) mass is 502 g/mol. The number of hydrogen-bond acceptors (Lipinski definition) is 5. The molecule has 1 N–H and O–H groups in total. The van der Waals surface area contributed by atoms with Gasteiger partial charge in [-0.3, -0.25) is 9.10 Å².